The van der Waals surface area contributed by atoms with Crippen molar-refractivity contribution in [3.63, 3.8) is 0 Å². The molecule has 9 nitrogen and oxygen atoms in total. The molecule has 0 aliphatic carbocycles. The van der Waals surface area contributed by atoms with Crippen molar-refractivity contribution in [2.24, 2.45) is 0 Å². The summed E-state index contributed by atoms with van der Waals surface area (Å²) in [6, 6.07) is 0. The minimum Gasteiger partial charge on any atom is -0.491 e. The molecular weight excluding hydrogens is 409 g/mol. The highest BCUT2D eigenvalue weighted by Gasteiger charge is 2.33. The molecule has 1 saturated heterocycles. The smallest absolute Gasteiger partial charge is 0.257 e. The van der Waals surface area contributed by atoms with Gasteiger partial charge in [0.2, 0.25) is 0 Å². The summed E-state index contributed by atoms with van der Waals surface area (Å²) in [4.78, 5) is 33.7. The Balaban J connectivity index is 2.22. The Hall–Kier alpha value is -2.24. The van der Waals surface area contributed by atoms with Gasteiger partial charge < -0.3 is 20.1 Å². The SMILES string of the molecule is C=C(CCNC(=O)CO/C=C/C=C(/Cl)C(=C)F)NC(=O)C1CC(OC)N(C)OO1. The van der Waals surface area contributed by atoms with Gasteiger partial charge in [-0.25, -0.2) is 9.28 Å². The zero-order valence-electron chi connectivity index (χ0n) is 16.3. The maximum absolute atomic E-state index is 12.6. The molecule has 0 aromatic carbocycles. The third kappa shape index (κ3) is 9.68. The van der Waals surface area contributed by atoms with Crippen LogP contribution in [0.1, 0.15) is 12.8 Å². The molecule has 162 valence electrons. The third-order valence-electron chi connectivity index (χ3n) is 3.60. The number of allylic oxidation sites excluding steroid dienone is 4. The maximum atomic E-state index is 12.6. The molecule has 2 atom stereocenters. The van der Waals surface area contributed by atoms with Crippen LogP contribution in [0.25, 0.3) is 0 Å². The number of ether oxygens (including phenoxy) is 2. The second-order valence-electron chi connectivity index (χ2n) is 5.88. The lowest BCUT2D eigenvalue weighted by atomic mass is 10.2. The van der Waals surface area contributed by atoms with Crippen LogP contribution in [0, 0.1) is 0 Å². The largest absolute Gasteiger partial charge is 0.491 e. The van der Waals surface area contributed by atoms with E-state index in [9.17, 15) is 14.0 Å². The first-order chi connectivity index (χ1) is 13.7. The fraction of sp³-hybridized carbons (Fsp3) is 0.444. The van der Waals surface area contributed by atoms with Crippen LogP contribution < -0.4 is 10.6 Å². The fourth-order valence-electron chi connectivity index (χ4n) is 2.05. The summed E-state index contributed by atoms with van der Waals surface area (Å²) in [6.07, 6.45) is 3.10. The summed E-state index contributed by atoms with van der Waals surface area (Å²) < 4.78 is 22.7. The highest BCUT2D eigenvalue weighted by molar-refractivity contribution is 6.31. The second-order valence-corrected chi connectivity index (χ2v) is 6.29. The fourth-order valence-corrected chi connectivity index (χ4v) is 2.12. The standard InChI is InChI=1S/C18H25ClFN3O6/c1-12(22-18(25)15-10-17(26-4)23(3)29-28-15)7-8-21-16(24)11-27-9-5-6-14(19)13(2)20/h5-6,9,15,17H,1-2,7-8,10-11H2,3-4H3,(H,21,24)(H,22,25)/b9-5+,14-6+. The van der Waals surface area contributed by atoms with E-state index in [1.807, 2.05) is 0 Å². The van der Waals surface area contributed by atoms with Gasteiger partial charge >= 0.3 is 0 Å². The predicted octanol–water partition coefficient (Wildman–Crippen LogP) is 1.80. The number of amides is 2. The van der Waals surface area contributed by atoms with Crippen molar-refractivity contribution < 1.29 is 33.3 Å². The number of hydroxylamine groups is 2. The van der Waals surface area contributed by atoms with Crippen LogP contribution in [0.4, 0.5) is 4.39 Å². The number of nitrogens with one attached hydrogen (secondary N) is 2. The van der Waals surface area contributed by atoms with Gasteiger partial charge in [0.1, 0.15) is 12.1 Å². The van der Waals surface area contributed by atoms with Gasteiger partial charge in [-0.05, 0) is 12.2 Å². The topological polar surface area (TPSA) is 98.4 Å². The van der Waals surface area contributed by atoms with Crippen LogP contribution in [0.2, 0.25) is 0 Å². The normalized spacial score (nSPS) is 20.3. The van der Waals surface area contributed by atoms with Crippen LogP contribution >= 0.6 is 11.6 Å². The van der Waals surface area contributed by atoms with Gasteiger partial charge in [0.15, 0.2) is 12.7 Å². The molecule has 2 unspecified atom stereocenters. The molecule has 0 saturated carbocycles. The minimum atomic E-state index is -0.847. The molecular formula is C18H25ClFN3O6. The predicted molar refractivity (Wildman–Crippen MR) is 103 cm³/mol. The summed E-state index contributed by atoms with van der Waals surface area (Å²) in [6.45, 7) is 6.76. The van der Waals surface area contributed by atoms with Gasteiger partial charge in [-0.3, -0.25) is 9.59 Å². The van der Waals surface area contributed by atoms with Crippen LogP contribution in [0.5, 0.6) is 0 Å². The Labute approximate surface area is 173 Å². The average molecular weight is 434 g/mol. The first-order valence-electron chi connectivity index (χ1n) is 8.57. The molecule has 0 aromatic heterocycles. The van der Waals surface area contributed by atoms with Crippen molar-refractivity contribution in [1.29, 1.82) is 0 Å². The number of hydrogen-bond donors (Lipinski definition) is 2. The van der Waals surface area contributed by atoms with Gasteiger partial charge in [-0.15, -0.1) is 10.1 Å². The number of hydrogen-bond acceptors (Lipinski definition) is 7. The van der Waals surface area contributed by atoms with E-state index in [4.69, 9.17) is 31.0 Å². The maximum Gasteiger partial charge on any atom is 0.257 e. The summed E-state index contributed by atoms with van der Waals surface area (Å²) in [5.74, 6) is -1.57. The van der Waals surface area contributed by atoms with Crippen LogP contribution in [-0.2, 0) is 28.9 Å². The molecule has 0 radical (unpaired) electrons. The Morgan fingerprint density at radius 2 is 2.14 bits per heavy atom. The number of methoxy groups -OCH3 is 1. The molecule has 2 amide bonds. The first-order valence-corrected chi connectivity index (χ1v) is 8.95. The zero-order valence-corrected chi connectivity index (χ0v) is 17.0. The lowest BCUT2D eigenvalue weighted by Crippen LogP contribution is -2.48. The van der Waals surface area contributed by atoms with Gasteiger partial charge in [-0.1, -0.05) is 24.8 Å². The second kappa shape index (κ2) is 13.1. The highest BCUT2D eigenvalue weighted by Crippen LogP contribution is 2.17. The Kier molecular flexibility index (Phi) is 11.2. The summed E-state index contributed by atoms with van der Waals surface area (Å²) in [7, 11) is 3.12. The Bertz CT molecular complexity index is 670. The molecule has 1 rings (SSSR count). The van der Waals surface area contributed by atoms with E-state index in [2.05, 4.69) is 23.8 Å². The summed E-state index contributed by atoms with van der Waals surface area (Å²) >= 11 is 5.50. The lowest BCUT2D eigenvalue weighted by Gasteiger charge is -2.32. The molecule has 0 aromatic rings. The number of halogens is 2. The molecule has 1 aliphatic rings. The molecule has 11 heteroatoms. The summed E-state index contributed by atoms with van der Waals surface area (Å²) in [5.41, 5.74) is 0.402. The van der Waals surface area contributed by atoms with Crippen molar-refractivity contribution in [2.75, 3.05) is 27.3 Å². The molecule has 1 heterocycles. The number of carbonyl (C=O) groups is 2. The van der Waals surface area contributed by atoms with E-state index in [-0.39, 0.29) is 30.5 Å². The van der Waals surface area contributed by atoms with Crippen molar-refractivity contribution in [3.05, 3.63) is 48.1 Å². The van der Waals surface area contributed by atoms with E-state index in [1.54, 1.807) is 7.05 Å². The monoisotopic (exact) mass is 433 g/mol. The van der Waals surface area contributed by atoms with E-state index in [1.165, 1.54) is 30.6 Å². The lowest BCUT2D eigenvalue weighted by molar-refractivity contribution is -0.485. The Morgan fingerprint density at radius 3 is 2.79 bits per heavy atom. The zero-order chi connectivity index (χ0) is 21.8. The van der Waals surface area contributed by atoms with Crippen LogP contribution in [-0.4, -0.2) is 56.5 Å². The first kappa shape index (κ1) is 24.8. The Morgan fingerprint density at radius 1 is 1.41 bits per heavy atom. The van der Waals surface area contributed by atoms with Crippen molar-refractivity contribution in [1.82, 2.24) is 15.7 Å². The van der Waals surface area contributed by atoms with Crippen LogP contribution in [0.3, 0.4) is 0 Å². The average Bonchev–Trinajstić information content (AvgIpc) is 2.67. The van der Waals surface area contributed by atoms with Gasteiger partial charge in [0.25, 0.3) is 11.8 Å². The van der Waals surface area contributed by atoms with Gasteiger partial charge in [0, 0.05) is 39.2 Å². The third-order valence-corrected chi connectivity index (χ3v) is 3.93. The summed E-state index contributed by atoms with van der Waals surface area (Å²) in [5, 5.41) is 6.39. The van der Waals surface area contributed by atoms with E-state index in [0.29, 0.717) is 12.1 Å². The quantitative estimate of drug-likeness (QED) is 0.291. The van der Waals surface area contributed by atoms with E-state index in [0.717, 1.165) is 0 Å². The highest BCUT2D eigenvalue weighted by atomic mass is 35.5. The van der Waals surface area contributed by atoms with Gasteiger partial charge in [0.05, 0.1) is 11.3 Å². The number of rotatable bonds is 11. The minimum absolute atomic E-state index is 0.162. The molecule has 0 bridgehead atoms. The van der Waals surface area contributed by atoms with Gasteiger partial charge in [-0.2, -0.15) is 0 Å². The molecule has 29 heavy (non-hydrogen) atoms. The van der Waals surface area contributed by atoms with E-state index >= 15 is 0 Å². The number of nitrogens with zero attached hydrogens (tertiary/aromatic N) is 1. The van der Waals surface area contributed by atoms with E-state index < -0.39 is 24.1 Å². The molecule has 2 N–H and O–H groups in total. The number of carbonyl (C=O) groups excluding carboxylic acids is 2. The molecule has 0 spiro atoms. The van der Waals surface area contributed by atoms with Crippen molar-refractivity contribution in [3.8, 4) is 0 Å². The van der Waals surface area contributed by atoms with Crippen molar-refractivity contribution in [2.45, 2.75) is 25.2 Å². The molecule has 1 aliphatic heterocycles. The van der Waals surface area contributed by atoms with Crippen molar-refractivity contribution >= 4 is 23.4 Å². The van der Waals surface area contributed by atoms with Crippen LogP contribution in [0.15, 0.2) is 48.1 Å². The molecule has 1 fully saturated rings.